The van der Waals surface area contributed by atoms with Gasteiger partial charge in [0.15, 0.2) is 0 Å². The molecule has 0 fully saturated rings. The van der Waals surface area contributed by atoms with Gasteiger partial charge >= 0.3 is 0 Å². The van der Waals surface area contributed by atoms with E-state index in [9.17, 15) is 14.4 Å². The predicted molar refractivity (Wildman–Crippen MR) is 94.4 cm³/mol. The van der Waals surface area contributed by atoms with E-state index in [1.165, 1.54) is 4.90 Å². The quantitative estimate of drug-likeness (QED) is 0.661. The Morgan fingerprint density at radius 3 is 2.35 bits per heavy atom. The molecule has 0 saturated heterocycles. The van der Waals surface area contributed by atoms with Crippen LogP contribution in [0.3, 0.4) is 0 Å². The maximum atomic E-state index is 12.3. The third-order valence-corrected chi connectivity index (χ3v) is 4.70. The number of imide groups is 1. The van der Waals surface area contributed by atoms with Crippen molar-refractivity contribution in [2.75, 3.05) is 19.7 Å². The minimum Gasteiger partial charge on any atom is -0.493 e. The first-order chi connectivity index (χ1) is 12.7. The highest BCUT2D eigenvalue weighted by molar-refractivity contribution is 6.21. The summed E-state index contributed by atoms with van der Waals surface area (Å²) in [7, 11) is 0. The summed E-state index contributed by atoms with van der Waals surface area (Å²) in [6.45, 7) is 1.27. The van der Waals surface area contributed by atoms with E-state index in [1.54, 1.807) is 36.4 Å². The number of amides is 3. The molecule has 0 aliphatic carbocycles. The van der Waals surface area contributed by atoms with Gasteiger partial charge in [0.25, 0.3) is 17.7 Å². The fourth-order valence-electron chi connectivity index (χ4n) is 3.41. The number of hydrogen-bond donors (Lipinski definition) is 1. The summed E-state index contributed by atoms with van der Waals surface area (Å²) in [6, 6.07) is 12.3. The molecule has 0 saturated carbocycles. The second-order valence-corrected chi connectivity index (χ2v) is 6.30. The highest BCUT2D eigenvalue weighted by Crippen LogP contribution is 2.26. The lowest BCUT2D eigenvalue weighted by atomic mass is 9.99. The molecule has 6 heteroatoms. The van der Waals surface area contributed by atoms with E-state index < -0.39 is 0 Å². The summed E-state index contributed by atoms with van der Waals surface area (Å²) in [5, 5.41) is 2.81. The summed E-state index contributed by atoms with van der Waals surface area (Å²) in [4.78, 5) is 37.8. The molecule has 6 nitrogen and oxygen atoms in total. The molecule has 2 aliphatic heterocycles. The Morgan fingerprint density at radius 2 is 1.62 bits per heavy atom. The number of ether oxygens (including phenoxy) is 1. The zero-order chi connectivity index (χ0) is 18.1. The van der Waals surface area contributed by atoms with Crippen molar-refractivity contribution in [3.63, 3.8) is 0 Å². The molecule has 0 aromatic heterocycles. The van der Waals surface area contributed by atoms with Crippen molar-refractivity contribution in [1.82, 2.24) is 10.2 Å². The molecule has 0 unspecified atom stereocenters. The second-order valence-electron chi connectivity index (χ2n) is 6.30. The predicted octanol–water partition coefficient (Wildman–Crippen LogP) is 2.04. The van der Waals surface area contributed by atoms with Crippen LogP contribution in [0.2, 0.25) is 0 Å². The molecule has 132 valence electrons. The van der Waals surface area contributed by atoms with Crippen LogP contribution in [-0.4, -0.2) is 42.3 Å². The van der Waals surface area contributed by atoms with Crippen LogP contribution in [0.25, 0.3) is 0 Å². The Labute approximate surface area is 150 Å². The number of fused-ring (bicyclic) bond motifs is 2. The van der Waals surface area contributed by atoms with Gasteiger partial charge < -0.3 is 10.1 Å². The zero-order valence-electron chi connectivity index (χ0n) is 14.2. The van der Waals surface area contributed by atoms with E-state index in [-0.39, 0.29) is 17.7 Å². The van der Waals surface area contributed by atoms with Gasteiger partial charge in [0.05, 0.1) is 17.7 Å². The summed E-state index contributed by atoms with van der Waals surface area (Å²) in [5.41, 5.74) is 2.48. The van der Waals surface area contributed by atoms with E-state index >= 15 is 0 Å². The van der Waals surface area contributed by atoms with Gasteiger partial charge in [0, 0.05) is 24.2 Å². The van der Waals surface area contributed by atoms with Crippen LogP contribution < -0.4 is 10.1 Å². The van der Waals surface area contributed by atoms with Gasteiger partial charge in [0.2, 0.25) is 0 Å². The Kier molecular flexibility index (Phi) is 4.16. The summed E-state index contributed by atoms with van der Waals surface area (Å²) in [5.74, 6) is 0.112. The van der Waals surface area contributed by atoms with E-state index in [0.29, 0.717) is 48.6 Å². The second kappa shape index (κ2) is 6.63. The number of nitrogens with zero attached hydrogens (tertiary/aromatic N) is 1. The van der Waals surface area contributed by atoms with Crippen molar-refractivity contribution in [3.05, 3.63) is 64.7 Å². The number of nitrogens with one attached hydrogen (secondary N) is 1. The van der Waals surface area contributed by atoms with Gasteiger partial charge in [0.1, 0.15) is 5.75 Å². The Morgan fingerprint density at radius 1 is 0.923 bits per heavy atom. The molecule has 3 amide bonds. The van der Waals surface area contributed by atoms with Crippen molar-refractivity contribution in [1.29, 1.82) is 0 Å². The molecule has 1 N–H and O–H groups in total. The van der Waals surface area contributed by atoms with Crippen LogP contribution in [-0.2, 0) is 6.42 Å². The molecule has 2 aromatic carbocycles. The fraction of sp³-hybridized carbons (Fsp3) is 0.250. The summed E-state index contributed by atoms with van der Waals surface area (Å²) in [6.07, 6.45) is 1.26. The maximum Gasteiger partial charge on any atom is 0.261 e. The highest BCUT2D eigenvalue weighted by Gasteiger charge is 2.34. The monoisotopic (exact) mass is 350 g/mol. The van der Waals surface area contributed by atoms with Crippen LogP contribution in [0.4, 0.5) is 0 Å². The Balaban J connectivity index is 1.37. The topological polar surface area (TPSA) is 75.7 Å². The lowest BCUT2D eigenvalue weighted by molar-refractivity contribution is 0.0646. The van der Waals surface area contributed by atoms with E-state index in [2.05, 4.69) is 5.32 Å². The lowest BCUT2D eigenvalue weighted by Gasteiger charge is -2.20. The molecule has 4 rings (SSSR count). The van der Waals surface area contributed by atoms with Crippen LogP contribution in [0, 0.1) is 0 Å². The smallest absolute Gasteiger partial charge is 0.261 e. The van der Waals surface area contributed by atoms with Gasteiger partial charge in [-0.15, -0.1) is 0 Å². The van der Waals surface area contributed by atoms with Crippen molar-refractivity contribution >= 4 is 17.7 Å². The first kappa shape index (κ1) is 16.3. The molecule has 2 heterocycles. The van der Waals surface area contributed by atoms with Gasteiger partial charge in [-0.25, -0.2) is 0 Å². The van der Waals surface area contributed by atoms with E-state index in [4.69, 9.17) is 4.74 Å². The third-order valence-electron chi connectivity index (χ3n) is 4.70. The maximum absolute atomic E-state index is 12.3. The van der Waals surface area contributed by atoms with Crippen LogP contribution in [0.15, 0.2) is 42.5 Å². The minimum absolute atomic E-state index is 0.0808. The number of carbonyl (C=O) groups excluding carboxylic acids is 3. The van der Waals surface area contributed by atoms with Crippen LogP contribution >= 0.6 is 0 Å². The minimum atomic E-state index is -0.251. The molecular formula is C20H18N2O4. The number of carbonyl (C=O) groups is 3. The highest BCUT2D eigenvalue weighted by atomic mass is 16.5. The third kappa shape index (κ3) is 2.73. The molecule has 2 aliphatic rings. The molecule has 26 heavy (non-hydrogen) atoms. The van der Waals surface area contributed by atoms with E-state index in [0.717, 1.165) is 12.0 Å². The molecule has 0 spiro atoms. The largest absolute Gasteiger partial charge is 0.493 e. The van der Waals surface area contributed by atoms with Crippen LogP contribution in [0.1, 0.15) is 43.1 Å². The summed E-state index contributed by atoms with van der Waals surface area (Å²) >= 11 is 0. The Hall–Kier alpha value is -3.15. The number of benzene rings is 2. The average molecular weight is 350 g/mol. The Bertz CT molecular complexity index is 871. The fourth-order valence-corrected chi connectivity index (χ4v) is 3.41. The first-order valence-electron chi connectivity index (χ1n) is 8.65. The molecular weight excluding hydrogens is 332 g/mol. The first-order valence-corrected chi connectivity index (χ1v) is 8.65. The van der Waals surface area contributed by atoms with Crippen molar-refractivity contribution < 1.29 is 19.1 Å². The van der Waals surface area contributed by atoms with Crippen molar-refractivity contribution in [2.24, 2.45) is 0 Å². The summed E-state index contributed by atoms with van der Waals surface area (Å²) < 4.78 is 5.83. The number of rotatable bonds is 5. The lowest BCUT2D eigenvalue weighted by Crippen LogP contribution is -2.32. The molecule has 2 aromatic rings. The SMILES string of the molecule is O=C1NCCc2c(OCCCN3C(=O)c4ccccc4C3=O)cccc21. The molecule has 0 atom stereocenters. The van der Waals surface area contributed by atoms with E-state index in [1.807, 2.05) is 6.07 Å². The average Bonchev–Trinajstić information content (AvgIpc) is 2.91. The van der Waals surface area contributed by atoms with Crippen molar-refractivity contribution in [3.8, 4) is 5.75 Å². The molecule has 0 bridgehead atoms. The van der Waals surface area contributed by atoms with Gasteiger partial charge in [-0.1, -0.05) is 18.2 Å². The van der Waals surface area contributed by atoms with Gasteiger partial charge in [-0.3, -0.25) is 19.3 Å². The number of hydrogen-bond acceptors (Lipinski definition) is 4. The standard InChI is InChI=1S/C20H18N2O4/c23-18-14-7-3-8-17(13(14)9-10-21-18)26-12-4-11-22-19(24)15-5-1-2-6-16(15)20(22)25/h1-3,5-8H,4,9-12H2,(H,21,23). The zero-order valence-corrected chi connectivity index (χ0v) is 14.2. The van der Waals surface area contributed by atoms with Gasteiger partial charge in [-0.05, 0) is 37.1 Å². The van der Waals surface area contributed by atoms with Crippen LogP contribution in [0.5, 0.6) is 5.75 Å². The van der Waals surface area contributed by atoms with Crippen molar-refractivity contribution in [2.45, 2.75) is 12.8 Å². The molecule has 0 radical (unpaired) electrons. The van der Waals surface area contributed by atoms with Gasteiger partial charge in [-0.2, -0.15) is 0 Å². The normalized spacial score (nSPS) is 15.5.